The molecule has 0 unspecified atom stereocenters. The van der Waals surface area contributed by atoms with Gasteiger partial charge < -0.3 is 0 Å². The maximum atomic E-state index is 12.0. The molecule has 94 valence electrons. The number of halogens is 1. The first kappa shape index (κ1) is 13.5. The molecule has 2 aromatic rings. The molecule has 0 atom stereocenters. The van der Waals surface area contributed by atoms with Crippen LogP contribution in [0.5, 0.6) is 0 Å². The molecule has 18 heavy (non-hydrogen) atoms. The highest BCUT2D eigenvalue weighted by Crippen LogP contribution is 2.26. The number of rotatable bonds is 4. The highest BCUT2D eigenvalue weighted by atomic mass is 35.5. The molecule has 0 fully saturated rings. The zero-order chi connectivity index (χ0) is 13.0. The van der Waals surface area contributed by atoms with E-state index in [9.17, 15) is 8.42 Å². The summed E-state index contributed by atoms with van der Waals surface area (Å²) in [6.07, 6.45) is 0. The maximum absolute atomic E-state index is 12.0. The minimum Gasteiger partial charge on any atom is -0.212 e. The molecule has 2 aromatic carbocycles. The molecule has 0 saturated heterocycles. The summed E-state index contributed by atoms with van der Waals surface area (Å²) in [4.78, 5) is 0.337. The van der Waals surface area contributed by atoms with E-state index in [4.69, 9.17) is 11.6 Å². The monoisotopic (exact) mass is 298 g/mol. The van der Waals surface area contributed by atoms with Gasteiger partial charge in [-0.3, -0.25) is 0 Å². The predicted molar refractivity (Wildman–Crippen MR) is 76.4 cm³/mol. The van der Waals surface area contributed by atoms with Crippen LogP contribution in [0.4, 0.5) is 0 Å². The van der Waals surface area contributed by atoms with Gasteiger partial charge in [0.15, 0.2) is 0 Å². The number of hydrogen-bond acceptors (Lipinski definition) is 3. The minimum atomic E-state index is -3.28. The summed E-state index contributed by atoms with van der Waals surface area (Å²) >= 11 is 5.77. The zero-order valence-electron chi connectivity index (χ0n) is 9.41. The van der Waals surface area contributed by atoms with Crippen molar-refractivity contribution in [2.24, 2.45) is 0 Å². The van der Waals surface area contributed by atoms with E-state index in [0.717, 1.165) is 16.4 Å². The molecule has 0 bridgehead atoms. The van der Waals surface area contributed by atoms with Crippen LogP contribution in [0.25, 0.3) is 0 Å². The summed E-state index contributed by atoms with van der Waals surface area (Å²) in [6.45, 7) is 0. The van der Waals surface area contributed by atoms with Crippen molar-refractivity contribution >= 4 is 31.3 Å². The molecule has 0 radical (unpaired) electrons. The van der Waals surface area contributed by atoms with Crippen molar-refractivity contribution in [2.45, 2.75) is 10.6 Å². The quantitative estimate of drug-likeness (QED) is 0.801. The standard InChI is InChI=1S/C13H11ClO2S2/c14-12-8-6-11(7-9-12)10-17-18(15,16)13-4-2-1-3-5-13/h1-9H,10H2. The molecular weight excluding hydrogens is 288 g/mol. The lowest BCUT2D eigenvalue weighted by molar-refractivity contribution is 0.610. The van der Waals surface area contributed by atoms with Gasteiger partial charge in [0.25, 0.3) is 0 Å². The minimum absolute atomic E-state index is 0.337. The Labute approximate surface area is 115 Å². The summed E-state index contributed by atoms with van der Waals surface area (Å²) in [5, 5.41) is 0.648. The van der Waals surface area contributed by atoms with Crippen molar-refractivity contribution in [2.75, 3.05) is 0 Å². The molecule has 2 nitrogen and oxygen atoms in total. The molecule has 0 aliphatic heterocycles. The maximum Gasteiger partial charge on any atom is 0.230 e. The lowest BCUT2D eigenvalue weighted by atomic mass is 10.2. The molecule has 0 aromatic heterocycles. The smallest absolute Gasteiger partial charge is 0.212 e. The predicted octanol–water partition coefficient (Wildman–Crippen LogP) is 3.96. The van der Waals surface area contributed by atoms with Gasteiger partial charge in [-0.05, 0) is 40.6 Å². The lowest BCUT2D eigenvalue weighted by Gasteiger charge is -2.04. The number of benzene rings is 2. The van der Waals surface area contributed by atoms with Crippen molar-refractivity contribution in [3.8, 4) is 0 Å². The van der Waals surface area contributed by atoms with E-state index in [1.165, 1.54) is 0 Å². The second kappa shape index (κ2) is 5.78. The molecular formula is C13H11ClO2S2. The van der Waals surface area contributed by atoms with E-state index in [-0.39, 0.29) is 0 Å². The zero-order valence-corrected chi connectivity index (χ0v) is 11.8. The topological polar surface area (TPSA) is 34.1 Å². The van der Waals surface area contributed by atoms with E-state index in [0.29, 0.717) is 15.7 Å². The third kappa shape index (κ3) is 3.51. The molecule has 0 amide bonds. The van der Waals surface area contributed by atoms with Gasteiger partial charge in [-0.2, -0.15) is 0 Å². The fourth-order valence-electron chi connectivity index (χ4n) is 1.38. The molecule has 5 heteroatoms. The van der Waals surface area contributed by atoms with Gasteiger partial charge in [0.05, 0.1) is 4.90 Å². The highest BCUT2D eigenvalue weighted by molar-refractivity contribution is 8.71. The van der Waals surface area contributed by atoms with Crippen molar-refractivity contribution < 1.29 is 8.42 Å². The van der Waals surface area contributed by atoms with Crippen molar-refractivity contribution in [1.29, 1.82) is 0 Å². The van der Waals surface area contributed by atoms with Gasteiger partial charge in [-0.1, -0.05) is 41.9 Å². The van der Waals surface area contributed by atoms with Crippen LogP contribution in [0.1, 0.15) is 5.56 Å². The van der Waals surface area contributed by atoms with Crippen LogP contribution in [-0.2, 0) is 14.6 Å². The molecule has 0 saturated carbocycles. The Morgan fingerprint density at radius 2 is 1.56 bits per heavy atom. The van der Waals surface area contributed by atoms with Gasteiger partial charge in [0.1, 0.15) is 0 Å². The first-order valence-corrected chi connectivity index (χ1v) is 8.63. The fraction of sp³-hybridized carbons (Fsp3) is 0.0769. The lowest BCUT2D eigenvalue weighted by Crippen LogP contribution is -1.95. The van der Waals surface area contributed by atoms with Crippen LogP contribution in [0, 0.1) is 0 Å². The molecule has 2 rings (SSSR count). The second-order valence-corrected chi connectivity index (χ2v) is 8.02. The Morgan fingerprint density at radius 3 is 2.17 bits per heavy atom. The van der Waals surface area contributed by atoms with E-state index in [1.54, 1.807) is 42.5 Å². The average molecular weight is 299 g/mol. The Kier molecular flexibility index (Phi) is 4.32. The van der Waals surface area contributed by atoms with Crippen LogP contribution < -0.4 is 0 Å². The molecule has 0 N–H and O–H groups in total. The second-order valence-electron chi connectivity index (χ2n) is 3.66. The Balaban J connectivity index is 2.08. The Bertz CT molecular complexity index is 607. The van der Waals surface area contributed by atoms with Crippen LogP contribution in [0.2, 0.25) is 5.02 Å². The largest absolute Gasteiger partial charge is 0.230 e. The fourth-order valence-corrected chi connectivity index (χ4v) is 4.23. The molecule has 0 aliphatic rings. The Hall–Kier alpha value is -0.970. The molecule has 0 spiro atoms. The normalized spacial score (nSPS) is 11.4. The first-order chi connectivity index (χ1) is 8.58. The van der Waals surface area contributed by atoms with Gasteiger partial charge >= 0.3 is 0 Å². The van der Waals surface area contributed by atoms with Crippen molar-refractivity contribution in [3.05, 3.63) is 65.2 Å². The summed E-state index contributed by atoms with van der Waals surface area (Å²) in [5.41, 5.74) is 0.934. The van der Waals surface area contributed by atoms with E-state index < -0.39 is 8.87 Å². The third-order valence-corrected chi connectivity index (χ3v) is 6.05. The van der Waals surface area contributed by atoms with E-state index in [2.05, 4.69) is 0 Å². The molecule has 0 heterocycles. The first-order valence-electron chi connectivity index (χ1n) is 5.27. The summed E-state index contributed by atoms with van der Waals surface area (Å²) < 4.78 is 24.0. The Morgan fingerprint density at radius 1 is 0.944 bits per heavy atom. The third-order valence-electron chi connectivity index (χ3n) is 2.33. The highest BCUT2D eigenvalue weighted by Gasteiger charge is 2.14. The van der Waals surface area contributed by atoms with Crippen LogP contribution >= 0.6 is 22.4 Å². The van der Waals surface area contributed by atoms with Crippen molar-refractivity contribution in [3.63, 3.8) is 0 Å². The van der Waals surface area contributed by atoms with Gasteiger partial charge in [-0.25, -0.2) is 8.42 Å². The van der Waals surface area contributed by atoms with E-state index >= 15 is 0 Å². The average Bonchev–Trinajstić information content (AvgIpc) is 2.39. The van der Waals surface area contributed by atoms with Crippen LogP contribution in [0.15, 0.2) is 59.5 Å². The van der Waals surface area contributed by atoms with Gasteiger partial charge in [-0.15, -0.1) is 0 Å². The van der Waals surface area contributed by atoms with Gasteiger partial charge in [0, 0.05) is 10.8 Å². The number of hydrogen-bond donors (Lipinski definition) is 0. The summed E-state index contributed by atoms with van der Waals surface area (Å²) in [5.74, 6) is 0.411. The summed E-state index contributed by atoms with van der Waals surface area (Å²) in [6, 6.07) is 15.6. The van der Waals surface area contributed by atoms with Gasteiger partial charge in [0.2, 0.25) is 8.87 Å². The van der Waals surface area contributed by atoms with Crippen LogP contribution in [-0.4, -0.2) is 8.42 Å². The van der Waals surface area contributed by atoms with Crippen LogP contribution in [0.3, 0.4) is 0 Å². The SMILES string of the molecule is O=S(=O)(SCc1ccc(Cl)cc1)c1ccccc1. The van der Waals surface area contributed by atoms with E-state index in [1.807, 2.05) is 12.1 Å². The van der Waals surface area contributed by atoms with Crippen molar-refractivity contribution in [1.82, 2.24) is 0 Å². The molecule has 0 aliphatic carbocycles. The summed E-state index contributed by atoms with van der Waals surface area (Å²) in [7, 11) is -2.37.